The molecule has 3 aromatic carbocycles. The van der Waals surface area contributed by atoms with Crippen LogP contribution in [0.5, 0.6) is 11.5 Å². The van der Waals surface area contributed by atoms with E-state index in [0.717, 1.165) is 18.4 Å². The quantitative estimate of drug-likeness (QED) is 0.0897. The largest absolute Gasteiger partial charge is 0.489 e. The predicted molar refractivity (Wildman–Crippen MR) is 188 cm³/mol. The summed E-state index contributed by atoms with van der Waals surface area (Å²) in [5.74, 6) is -2.27. The number of amides is 2. The van der Waals surface area contributed by atoms with E-state index in [1.54, 1.807) is 37.3 Å². The molecule has 1 aromatic heterocycles. The lowest BCUT2D eigenvalue weighted by Crippen LogP contribution is -2.40. The van der Waals surface area contributed by atoms with Crippen LogP contribution in [0.2, 0.25) is 10.0 Å². The second kappa shape index (κ2) is 12.7. The van der Waals surface area contributed by atoms with Gasteiger partial charge in [-0.2, -0.15) is 0 Å². The van der Waals surface area contributed by atoms with Crippen molar-refractivity contribution < 1.29 is 23.5 Å². The van der Waals surface area contributed by atoms with Crippen LogP contribution in [-0.2, 0) is 10.2 Å². The Morgan fingerprint density at radius 2 is 1.90 bits per heavy atom. The van der Waals surface area contributed by atoms with Gasteiger partial charge < -0.3 is 26.3 Å². The van der Waals surface area contributed by atoms with Crippen molar-refractivity contribution in [3.8, 4) is 22.8 Å². The number of pyridine rings is 1. The molecule has 2 aliphatic carbocycles. The van der Waals surface area contributed by atoms with Gasteiger partial charge >= 0.3 is 0 Å². The summed E-state index contributed by atoms with van der Waals surface area (Å²) in [5.41, 5.74) is 15.0. The molecule has 9 nitrogen and oxygen atoms in total. The van der Waals surface area contributed by atoms with Gasteiger partial charge in [-0.1, -0.05) is 65.7 Å². The summed E-state index contributed by atoms with van der Waals surface area (Å²) in [6, 6.07) is 19.8. The Balaban J connectivity index is 1.27. The van der Waals surface area contributed by atoms with Gasteiger partial charge in [0.15, 0.2) is 5.79 Å². The second-order valence-electron chi connectivity index (χ2n) is 13.0. The number of anilines is 1. The van der Waals surface area contributed by atoms with Crippen molar-refractivity contribution in [3.05, 3.63) is 105 Å². The number of nitrogens with one attached hydrogen (secondary N) is 1. The third-order valence-corrected chi connectivity index (χ3v) is 10.0. The highest BCUT2D eigenvalue weighted by atomic mass is 35.5. The van der Waals surface area contributed by atoms with E-state index in [2.05, 4.69) is 10.3 Å². The zero-order valence-corrected chi connectivity index (χ0v) is 28.2. The SMILES string of the molecule is C[C@]1(C(N)=O)COc2c1cc([C@@H](CNC(=O)c1cc(/C=N/C3(F)CC3)c(N)c(OC3CC3)c1)c1ccccc1)nc2-c1cccc(Cl)c1Cl. The van der Waals surface area contributed by atoms with Crippen LogP contribution in [0.4, 0.5) is 10.1 Å². The first kappa shape index (κ1) is 32.9. The molecule has 5 N–H and O–H groups in total. The summed E-state index contributed by atoms with van der Waals surface area (Å²) in [6.45, 7) is 1.87. The Hall–Kier alpha value is -4.67. The lowest BCUT2D eigenvalue weighted by atomic mass is 9.81. The number of hydrogen-bond acceptors (Lipinski definition) is 7. The maximum Gasteiger partial charge on any atom is 0.251 e. The highest BCUT2D eigenvalue weighted by molar-refractivity contribution is 6.43. The molecule has 2 saturated carbocycles. The molecule has 49 heavy (non-hydrogen) atoms. The van der Waals surface area contributed by atoms with Crippen LogP contribution in [-0.4, -0.2) is 48.1 Å². The van der Waals surface area contributed by atoms with Crippen LogP contribution in [0, 0.1) is 0 Å². The van der Waals surface area contributed by atoms with Crippen molar-refractivity contribution in [2.75, 3.05) is 18.9 Å². The van der Waals surface area contributed by atoms with Gasteiger partial charge in [0.25, 0.3) is 5.91 Å². The maximum absolute atomic E-state index is 14.4. The molecule has 2 fully saturated rings. The van der Waals surface area contributed by atoms with Crippen molar-refractivity contribution in [2.45, 2.75) is 55.8 Å². The molecule has 2 atom stereocenters. The number of aromatic nitrogens is 1. The third-order valence-electron chi connectivity index (χ3n) is 9.22. The number of halogens is 3. The molecule has 0 radical (unpaired) electrons. The Labute approximate surface area is 292 Å². The van der Waals surface area contributed by atoms with E-state index in [0.29, 0.717) is 63.1 Å². The van der Waals surface area contributed by atoms with Crippen molar-refractivity contribution in [3.63, 3.8) is 0 Å². The second-order valence-corrected chi connectivity index (χ2v) is 13.8. The fraction of sp³-hybridized carbons (Fsp3) is 0.297. The number of aliphatic imine (C=N–C) groups is 1. The molecule has 0 spiro atoms. The number of rotatable bonds is 11. The molecule has 2 amide bonds. The summed E-state index contributed by atoms with van der Waals surface area (Å²) in [7, 11) is 0. The first-order valence-electron chi connectivity index (χ1n) is 16.1. The minimum atomic E-state index is -1.59. The van der Waals surface area contributed by atoms with Gasteiger partial charge in [0, 0.05) is 53.8 Å². The molecule has 252 valence electrons. The van der Waals surface area contributed by atoms with E-state index in [4.69, 9.17) is 49.1 Å². The highest BCUT2D eigenvalue weighted by Gasteiger charge is 2.45. The van der Waals surface area contributed by atoms with E-state index < -0.39 is 28.9 Å². The Morgan fingerprint density at radius 1 is 1.14 bits per heavy atom. The summed E-state index contributed by atoms with van der Waals surface area (Å²) in [4.78, 5) is 35.7. The number of nitrogens with two attached hydrogens (primary N) is 2. The fourth-order valence-corrected chi connectivity index (χ4v) is 6.19. The summed E-state index contributed by atoms with van der Waals surface area (Å²) in [6.07, 6.45) is 3.88. The molecule has 4 aromatic rings. The number of carbonyl (C=O) groups excluding carboxylic acids is 2. The van der Waals surface area contributed by atoms with Gasteiger partial charge in [-0.3, -0.25) is 14.6 Å². The van der Waals surface area contributed by atoms with E-state index in [9.17, 15) is 14.0 Å². The number of primary amides is 1. The number of benzene rings is 3. The van der Waals surface area contributed by atoms with Gasteiger partial charge in [-0.05, 0) is 49.6 Å². The minimum absolute atomic E-state index is 0.0203. The summed E-state index contributed by atoms with van der Waals surface area (Å²) in [5, 5.41) is 3.66. The number of carbonyl (C=O) groups is 2. The van der Waals surface area contributed by atoms with E-state index in [1.807, 2.05) is 36.4 Å². The molecule has 2 heterocycles. The summed E-state index contributed by atoms with van der Waals surface area (Å²) >= 11 is 13.1. The Morgan fingerprint density at radius 3 is 2.59 bits per heavy atom. The van der Waals surface area contributed by atoms with Gasteiger partial charge in [-0.25, -0.2) is 9.37 Å². The molecular formula is C37H34Cl2FN5O4. The average molecular weight is 703 g/mol. The van der Waals surface area contributed by atoms with Crippen molar-refractivity contribution in [1.29, 1.82) is 0 Å². The topological polar surface area (TPSA) is 142 Å². The van der Waals surface area contributed by atoms with E-state index in [-0.39, 0.29) is 29.8 Å². The van der Waals surface area contributed by atoms with Gasteiger partial charge in [0.2, 0.25) is 5.91 Å². The molecule has 0 unspecified atom stereocenters. The molecule has 0 saturated heterocycles. The fourth-order valence-electron chi connectivity index (χ4n) is 5.80. The van der Waals surface area contributed by atoms with Crippen molar-refractivity contribution in [1.82, 2.24) is 10.3 Å². The minimum Gasteiger partial charge on any atom is -0.489 e. The third kappa shape index (κ3) is 6.55. The number of ether oxygens (including phenoxy) is 2. The standard InChI is InChI=1S/C37H34Cl2FN5O4/c1-36(35(42)47)19-48-33-26(36)16-28(45-32(33)24-8-5-9-27(38)30(24)39)25(20-6-3-2-4-7-20)18-43-34(46)21-14-22(17-44-37(40)12-13-37)31(41)29(15-21)49-23-10-11-23/h2-9,14-17,23,25H,10-13,18-19,41H2,1H3,(H2,42,47)(H,43,46)/b44-17+/t25-,36-/m0/s1. The normalized spacial score (nSPS) is 19.6. The number of alkyl halides is 1. The molecule has 12 heteroatoms. The average Bonchev–Trinajstić information content (AvgIpc) is 4.03. The van der Waals surface area contributed by atoms with Crippen LogP contribution >= 0.6 is 23.2 Å². The monoisotopic (exact) mass is 701 g/mol. The predicted octanol–water partition coefficient (Wildman–Crippen LogP) is 6.75. The first-order chi connectivity index (χ1) is 23.5. The van der Waals surface area contributed by atoms with Crippen LogP contribution in [0.3, 0.4) is 0 Å². The molecule has 0 bridgehead atoms. The van der Waals surface area contributed by atoms with Crippen LogP contribution in [0.25, 0.3) is 11.3 Å². The van der Waals surface area contributed by atoms with Crippen LogP contribution in [0.1, 0.15) is 71.3 Å². The van der Waals surface area contributed by atoms with Gasteiger partial charge in [0.05, 0.1) is 27.5 Å². The van der Waals surface area contributed by atoms with Crippen LogP contribution < -0.4 is 26.3 Å². The zero-order chi connectivity index (χ0) is 34.5. The van der Waals surface area contributed by atoms with Gasteiger partial charge in [0.1, 0.15) is 29.2 Å². The lowest BCUT2D eigenvalue weighted by Gasteiger charge is -2.23. The highest BCUT2D eigenvalue weighted by Crippen LogP contribution is 2.48. The molecular weight excluding hydrogens is 668 g/mol. The first-order valence-corrected chi connectivity index (χ1v) is 16.8. The Kier molecular flexibility index (Phi) is 8.49. The number of hydrogen-bond donors (Lipinski definition) is 3. The maximum atomic E-state index is 14.4. The Bertz CT molecular complexity index is 2000. The molecule has 1 aliphatic heterocycles. The molecule has 7 rings (SSSR count). The van der Waals surface area contributed by atoms with Crippen molar-refractivity contribution >= 4 is 46.9 Å². The lowest BCUT2D eigenvalue weighted by molar-refractivity contribution is -0.123. The molecule has 3 aliphatic rings. The number of nitrogen functional groups attached to an aromatic ring is 1. The van der Waals surface area contributed by atoms with E-state index >= 15 is 0 Å². The summed E-state index contributed by atoms with van der Waals surface area (Å²) < 4.78 is 26.5. The van der Waals surface area contributed by atoms with Crippen LogP contribution in [0.15, 0.2) is 71.7 Å². The van der Waals surface area contributed by atoms with Crippen molar-refractivity contribution in [2.24, 2.45) is 10.7 Å². The number of fused-ring (bicyclic) bond motifs is 1. The zero-order valence-electron chi connectivity index (χ0n) is 26.6. The smallest absolute Gasteiger partial charge is 0.251 e. The number of nitrogens with zero attached hydrogens (tertiary/aromatic N) is 2. The van der Waals surface area contributed by atoms with E-state index in [1.165, 1.54) is 6.21 Å². The van der Waals surface area contributed by atoms with Gasteiger partial charge in [-0.15, -0.1) is 0 Å².